The first kappa shape index (κ1) is 10.1. The van der Waals surface area contributed by atoms with Crippen LogP contribution in [0.2, 0.25) is 0 Å². The first-order chi connectivity index (χ1) is 6.20. The van der Waals surface area contributed by atoms with Crippen LogP contribution >= 0.6 is 0 Å². The van der Waals surface area contributed by atoms with Gasteiger partial charge in [-0.15, -0.1) is 0 Å². The Labute approximate surface area is 78.1 Å². The SMILES string of the molecule is COc1c(CCCO)c(C)nn1C. The molecule has 4 nitrogen and oxygen atoms in total. The molecule has 0 bridgehead atoms. The van der Waals surface area contributed by atoms with Crippen LogP contribution in [0.4, 0.5) is 0 Å². The Balaban J connectivity index is 2.89. The van der Waals surface area contributed by atoms with Gasteiger partial charge in [0.2, 0.25) is 5.88 Å². The van der Waals surface area contributed by atoms with Gasteiger partial charge in [0.05, 0.1) is 12.8 Å². The molecule has 0 atom stereocenters. The van der Waals surface area contributed by atoms with E-state index in [1.54, 1.807) is 11.8 Å². The van der Waals surface area contributed by atoms with Gasteiger partial charge in [0.25, 0.3) is 0 Å². The van der Waals surface area contributed by atoms with E-state index in [-0.39, 0.29) is 6.61 Å². The highest BCUT2D eigenvalue weighted by Gasteiger charge is 2.12. The highest BCUT2D eigenvalue weighted by atomic mass is 16.5. The average Bonchev–Trinajstić information content (AvgIpc) is 2.37. The summed E-state index contributed by atoms with van der Waals surface area (Å²) in [6.07, 6.45) is 1.57. The van der Waals surface area contributed by atoms with Crippen molar-refractivity contribution in [3.8, 4) is 5.88 Å². The van der Waals surface area contributed by atoms with E-state index in [0.717, 1.165) is 30.0 Å². The zero-order valence-electron chi connectivity index (χ0n) is 8.37. The first-order valence-electron chi connectivity index (χ1n) is 4.38. The molecule has 0 saturated carbocycles. The molecule has 0 fully saturated rings. The largest absolute Gasteiger partial charge is 0.481 e. The maximum Gasteiger partial charge on any atom is 0.214 e. The third-order valence-electron chi connectivity index (χ3n) is 2.07. The van der Waals surface area contributed by atoms with E-state index in [1.807, 2.05) is 14.0 Å². The third-order valence-corrected chi connectivity index (χ3v) is 2.07. The van der Waals surface area contributed by atoms with E-state index < -0.39 is 0 Å². The number of aromatic nitrogens is 2. The summed E-state index contributed by atoms with van der Waals surface area (Å²) in [6.45, 7) is 2.16. The van der Waals surface area contributed by atoms with Gasteiger partial charge in [-0.05, 0) is 19.8 Å². The Kier molecular flexibility index (Phi) is 3.31. The second kappa shape index (κ2) is 4.28. The molecule has 0 radical (unpaired) electrons. The molecular weight excluding hydrogens is 168 g/mol. The van der Waals surface area contributed by atoms with Crippen molar-refractivity contribution in [3.63, 3.8) is 0 Å². The smallest absolute Gasteiger partial charge is 0.214 e. The van der Waals surface area contributed by atoms with Crippen LogP contribution in [0.25, 0.3) is 0 Å². The summed E-state index contributed by atoms with van der Waals surface area (Å²) < 4.78 is 6.94. The number of ether oxygens (including phenoxy) is 1. The summed E-state index contributed by atoms with van der Waals surface area (Å²) in [5, 5.41) is 13.0. The lowest BCUT2D eigenvalue weighted by molar-refractivity contribution is 0.287. The molecule has 0 saturated heterocycles. The zero-order valence-corrected chi connectivity index (χ0v) is 8.37. The Morgan fingerprint density at radius 2 is 2.23 bits per heavy atom. The Morgan fingerprint density at radius 1 is 1.54 bits per heavy atom. The van der Waals surface area contributed by atoms with Crippen LogP contribution in [0.5, 0.6) is 5.88 Å². The monoisotopic (exact) mass is 184 g/mol. The van der Waals surface area contributed by atoms with E-state index in [4.69, 9.17) is 9.84 Å². The maximum atomic E-state index is 8.72. The summed E-state index contributed by atoms with van der Waals surface area (Å²) in [6, 6.07) is 0. The van der Waals surface area contributed by atoms with Crippen molar-refractivity contribution in [3.05, 3.63) is 11.3 Å². The summed E-state index contributed by atoms with van der Waals surface area (Å²) in [5.41, 5.74) is 2.08. The van der Waals surface area contributed by atoms with Crippen molar-refractivity contribution >= 4 is 0 Å². The van der Waals surface area contributed by atoms with Gasteiger partial charge in [0.15, 0.2) is 0 Å². The zero-order chi connectivity index (χ0) is 9.84. The fourth-order valence-electron chi connectivity index (χ4n) is 1.48. The second-order valence-corrected chi connectivity index (χ2v) is 3.02. The third kappa shape index (κ3) is 2.01. The molecule has 4 heteroatoms. The molecule has 0 aliphatic rings. The molecule has 74 valence electrons. The molecule has 13 heavy (non-hydrogen) atoms. The predicted octanol–water partition coefficient (Wildman–Crippen LogP) is 0.662. The van der Waals surface area contributed by atoms with E-state index in [1.165, 1.54) is 0 Å². The van der Waals surface area contributed by atoms with Crippen molar-refractivity contribution < 1.29 is 9.84 Å². The van der Waals surface area contributed by atoms with Crippen LogP contribution in [-0.4, -0.2) is 28.6 Å². The number of aliphatic hydroxyl groups excluding tert-OH is 1. The summed E-state index contributed by atoms with van der Waals surface area (Å²) in [4.78, 5) is 0. The van der Waals surface area contributed by atoms with Gasteiger partial charge >= 0.3 is 0 Å². The summed E-state index contributed by atoms with van der Waals surface area (Å²) >= 11 is 0. The highest BCUT2D eigenvalue weighted by molar-refractivity contribution is 5.30. The molecule has 1 N–H and O–H groups in total. The van der Waals surface area contributed by atoms with Gasteiger partial charge in [0.1, 0.15) is 0 Å². The quantitative estimate of drug-likeness (QED) is 0.747. The molecule has 1 rings (SSSR count). The fourth-order valence-corrected chi connectivity index (χ4v) is 1.48. The van der Waals surface area contributed by atoms with Crippen molar-refractivity contribution in [2.45, 2.75) is 19.8 Å². The minimum Gasteiger partial charge on any atom is -0.481 e. The van der Waals surface area contributed by atoms with E-state index in [0.29, 0.717) is 0 Å². The molecule has 0 aromatic carbocycles. The minimum atomic E-state index is 0.206. The lowest BCUT2D eigenvalue weighted by Crippen LogP contribution is -1.97. The Morgan fingerprint density at radius 3 is 2.77 bits per heavy atom. The molecule has 1 aromatic heterocycles. The number of nitrogens with zero attached hydrogens (tertiary/aromatic N) is 2. The Hall–Kier alpha value is -1.03. The van der Waals surface area contributed by atoms with Crippen LogP contribution in [0.3, 0.4) is 0 Å². The van der Waals surface area contributed by atoms with Crippen molar-refractivity contribution in [1.82, 2.24) is 9.78 Å². The number of aryl methyl sites for hydroxylation is 2. The number of rotatable bonds is 4. The van der Waals surface area contributed by atoms with Crippen molar-refractivity contribution in [1.29, 1.82) is 0 Å². The van der Waals surface area contributed by atoms with Crippen LogP contribution in [0.1, 0.15) is 17.7 Å². The lowest BCUT2D eigenvalue weighted by Gasteiger charge is -2.03. The van der Waals surface area contributed by atoms with Gasteiger partial charge < -0.3 is 9.84 Å². The standard InChI is InChI=1S/C9H16N2O2/c1-7-8(5-4-6-12)9(13-3)11(2)10-7/h12H,4-6H2,1-3H3. The molecule has 0 amide bonds. The number of hydrogen-bond donors (Lipinski definition) is 1. The first-order valence-corrected chi connectivity index (χ1v) is 4.38. The fraction of sp³-hybridized carbons (Fsp3) is 0.667. The van der Waals surface area contributed by atoms with E-state index >= 15 is 0 Å². The highest BCUT2D eigenvalue weighted by Crippen LogP contribution is 2.21. The van der Waals surface area contributed by atoms with Crippen molar-refractivity contribution in [2.75, 3.05) is 13.7 Å². The normalized spacial score (nSPS) is 10.5. The topological polar surface area (TPSA) is 47.3 Å². The van der Waals surface area contributed by atoms with Gasteiger partial charge in [0, 0.05) is 19.2 Å². The summed E-state index contributed by atoms with van der Waals surface area (Å²) in [7, 11) is 3.49. The van der Waals surface area contributed by atoms with E-state index in [2.05, 4.69) is 5.10 Å². The number of methoxy groups -OCH3 is 1. The van der Waals surface area contributed by atoms with Crippen LogP contribution in [0, 0.1) is 6.92 Å². The number of aliphatic hydroxyl groups is 1. The number of hydrogen-bond acceptors (Lipinski definition) is 3. The van der Waals surface area contributed by atoms with Crippen molar-refractivity contribution in [2.24, 2.45) is 7.05 Å². The molecular formula is C9H16N2O2. The molecule has 1 aromatic rings. The second-order valence-electron chi connectivity index (χ2n) is 3.02. The van der Waals surface area contributed by atoms with Gasteiger partial charge in [-0.1, -0.05) is 0 Å². The maximum absolute atomic E-state index is 8.72. The Bertz CT molecular complexity index is 281. The summed E-state index contributed by atoms with van der Waals surface area (Å²) in [5.74, 6) is 0.797. The molecule has 0 aliphatic heterocycles. The van der Waals surface area contributed by atoms with E-state index in [9.17, 15) is 0 Å². The molecule has 0 aliphatic carbocycles. The predicted molar refractivity (Wildman–Crippen MR) is 49.9 cm³/mol. The molecule has 0 spiro atoms. The minimum absolute atomic E-state index is 0.206. The lowest BCUT2D eigenvalue weighted by atomic mass is 10.1. The van der Waals surface area contributed by atoms with Crippen LogP contribution < -0.4 is 4.74 Å². The molecule has 0 unspecified atom stereocenters. The van der Waals surface area contributed by atoms with Crippen LogP contribution in [-0.2, 0) is 13.5 Å². The van der Waals surface area contributed by atoms with Crippen LogP contribution in [0.15, 0.2) is 0 Å². The average molecular weight is 184 g/mol. The van der Waals surface area contributed by atoms with Gasteiger partial charge in [-0.2, -0.15) is 5.10 Å². The molecule has 1 heterocycles. The van der Waals surface area contributed by atoms with Gasteiger partial charge in [-0.3, -0.25) is 0 Å². The van der Waals surface area contributed by atoms with Gasteiger partial charge in [-0.25, -0.2) is 4.68 Å².